The topological polar surface area (TPSA) is 60.1 Å². The first-order valence-corrected chi connectivity index (χ1v) is 7.56. The van der Waals surface area contributed by atoms with E-state index in [1.165, 1.54) is 17.1 Å². The highest BCUT2D eigenvalue weighted by Crippen LogP contribution is 2.38. The molecule has 2 aromatic heterocycles. The third-order valence-electron chi connectivity index (χ3n) is 4.22. The Hall–Kier alpha value is -3.03. The standard InChI is InChI=1S/C17H12F3N3O2/c18-13-4-3-10(15(19)16(13)20)11-6-14(24)22-17-12(11)7-21-23(17)8-9-2-1-5-25-9/h1-5,7,11H,6,8H2,(H,22,24)/t11-/m0/s1. The molecule has 0 unspecified atom stereocenters. The molecule has 1 aliphatic rings. The molecule has 0 bridgehead atoms. The van der Waals surface area contributed by atoms with Crippen LogP contribution in [0, 0.1) is 17.5 Å². The van der Waals surface area contributed by atoms with Crippen LogP contribution in [-0.2, 0) is 11.3 Å². The number of hydrogen-bond acceptors (Lipinski definition) is 3. The average molecular weight is 347 g/mol. The molecule has 1 aliphatic heterocycles. The third-order valence-corrected chi connectivity index (χ3v) is 4.22. The summed E-state index contributed by atoms with van der Waals surface area (Å²) < 4.78 is 47.7. The van der Waals surface area contributed by atoms with E-state index in [2.05, 4.69) is 10.4 Å². The first-order valence-electron chi connectivity index (χ1n) is 7.56. The van der Waals surface area contributed by atoms with Crippen LogP contribution < -0.4 is 5.32 Å². The number of furan rings is 1. The number of aromatic nitrogens is 2. The number of carbonyl (C=O) groups is 1. The molecule has 0 radical (unpaired) electrons. The summed E-state index contributed by atoms with van der Waals surface area (Å²) in [5.74, 6) is -4.19. The van der Waals surface area contributed by atoms with Gasteiger partial charge in [-0.2, -0.15) is 5.10 Å². The number of amides is 1. The van der Waals surface area contributed by atoms with Crippen LogP contribution >= 0.6 is 0 Å². The van der Waals surface area contributed by atoms with Gasteiger partial charge in [0, 0.05) is 17.9 Å². The smallest absolute Gasteiger partial charge is 0.226 e. The highest BCUT2D eigenvalue weighted by molar-refractivity contribution is 5.94. The Bertz CT molecular complexity index is 950. The van der Waals surface area contributed by atoms with Crippen LogP contribution in [0.2, 0.25) is 0 Å². The van der Waals surface area contributed by atoms with Crippen LogP contribution in [0.25, 0.3) is 0 Å². The highest BCUT2D eigenvalue weighted by atomic mass is 19.2. The molecule has 0 saturated heterocycles. The van der Waals surface area contributed by atoms with E-state index >= 15 is 0 Å². The molecule has 0 fully saturated rings. The lowest BCUT2D eigenvalue weighted by Crippen LogP contribution is -2.25. The maximum Gasteiger partial charge on any atom is 0.226 e. The van der Waals surface area contributed by atoms with Gasteiger partial charge in [0.05, 0.1) is 12.5 Å². The van der Waals surface area contributed by atoms with E-state index < -0.39 is 23.4 Å². The second kappa shape index (κ2) is 5.80. The summed E-state index contributed by atoms with van der Waals surface area (Å²) >= 11 is 0. The fourth-order valence-corrected chi connectivity index (χ4v) is 3.03. The van der Waals surface area contributed by atoms with Gasteiger partial charge < -0.3 is 9.73 Å². The van der Waals surface area contributed by atoms with Crippen LogP contribution in [0.4, 0.5) is 19.0 Å². The highest BCUT2D eigenvalue weighted by Gasteiger charge is 2.33. The zero-order valence-electron chi connectivity index (χ0n) is 12.8. The minimum absolute atomic E-state index is 0.0763. The Kier molecular flexibility index (Phi) is 3.60. The summed E-state index contributed by atoms with van der Waals surface area (Å²) in [5, 5.41) is 6.90. The molecule has 0 aliphatic carbocycles. The SMILES string of the molecule is O=C1C[C@@H](c2ccc(F)c(F)c2F)c2cnn(Cc3ccco3)c2N1. The Morgan fingerprint density at radius 2 is 2.04 bits per heavy atom. The maximum atomic E-state index is 14.2. The molecule has 8 heteroatoms. The van der Waals surface area contributed by atoms with Crippen molar-refractivity contribution in [2.75, 3.05) is 5.32 Å². The van der Waals surface area contributed by atoms with Crippen molar-refractivity contribution in [3.8, 4) is 0 Å². The Balaban J connectivity index is 1.77. The molecule has 1 amide bonds. The molecule has 128 valence electrons. The predicted molar refractivity (Wildman–Crippen MR) is 81.4 cm³/mol. The van der Waals surface area contributed by atoms with Crippen molar-refractivity contribution in [2.45, 2.75) is 18.9 Å². The van der Waals surface area contributed by atoms with Gasteiger partial charge in [0.15, 0.2) is 17.5 Å². The molecular weight excluding hydrogens is 335 g/mol. The van der Waals surface area contributed by atoms with E-state index in [0.29, 0.717) is 17.1 Å². The number of carbonyl (C=O) groups excluding carboxylic acids is 1. The summed E-state index contributed by atoms with van der Waals surface area (Å²) in [6.07, 6.45) is 2.92. The number of halogens is 3. The number of rotatable bonds is 3. The van der Waals surface area contributed by atoms with Crippen LogP contribution in [0.1, 0.15) is 29.2 Å². The molecule has 1 N–H and O–H groups in total. The fourth-order valence-electron chi connectivity index (χ4n) is 3.03. The fraction of sp³-hybridized carbons (Fsp3) is 0.176. The van der Waals surface area contributed by atoms with Crippen molar-refractivity contribution < 1.29 is 22.4 Å². The van der Waals surface area contributed by atoms with Crippen molar-refractivity contribution >= 4 is 11.7 Å². The predicted octanol–water partition coefficient (Wildman–Crippen LogP) is 3.42. The van der Waals surface area contributed by atoms with Crippen molar-refractivity contribution in [3.63, 3.8) is 0 Å². The van der Waals surface area contributed by atoms with Gasteiger partial charge in [-0.05, 0) is 23.8 Å². The minimum atomic E-state index is -1.55. The number of nitrogens with one attached hydrogen (secondary N) is 1. The number of benzene rings is 1. The normalized spacial score (nSPS) is 16.6. The van der Waals surface area contributed by atoms with Gasteiger partial charge in [0.2, 0.25) is 5.91 Å². The number of anilines is 1. The van der Waals surface area contributed by atoms with Gasteiger partial charge in [-0.1, -0.05) is 6.07 Å². The first kappa shape index (κ1) is 15.5. The summed E-state index contributed by atoms with van der Waals surface area (Å²) in [6, 6.07) is 5.49. The monoisotopic (exact) mass is 347 g/mol. The van der Waals surface area contributed by atoms with Crippen molar-refractivity contribution in [2.24, 2.45) is 0 Å². The molecule has 0 spiro atoms. The van der Waals surface area contributed by atoms with Gasteiger partial charge in [0.25, 0.3) is 0 Å². The maximum absolute atomic E-state index is 14.2. The molecule has 4 rings (SSSR count). The summed E-state index contributed by atoms with van der Waals surface area (Å²) in [7, 11) is 0. The second-order valence-corrected chi connectivity index (χ2v) is 5.75. The first-order chi connectivity index (χ1) is 12.0. The molecule has 1 aromatic carbocycles. The number of nitrogens with zero attached hydrogens (tertiary/aromatic N) is 2. The number of hydrogen-bond donors (Lipinski definition) is 1. The third kappa shape index (κ3) is 2.59. The van der Waals surface area contributed by atoms with Crippen LogP contribution in [0.3, 0.4) is 0 Å². The van der Waals surface area contributed by atoms with Crippen LogP contribution in [0.15, 0.2) is 41.1 Å². The van der Waals surface area contributed by atoms with E-state index in [0.717, 1.165) is 12.1 Å². The Morgan fingerprint density at radius 3 is 2.80 bits per heavy atom. The lowest BCUT2D eigenvalue weighted by Gasteiger charge is -2.24. The van der Waals surface area contributed by atoms with Crippen molar-refractivity contribution in [1.82, 2.24) is 9.78 Å². The molecule has 25 heavy (non-hydrogen) atoms. The Labute approximate surface area is 140 Å². The molecule has 1 atom stereocenters. The van der Waals surface area contributed by atoms with Gasteiger partial charge >= 0.3 is 0 Å². The quantitative estimate of drug-likeness (QED) is 0.739. The lowest BCUT2D eigenvalue weighted by atomic mass is 9.87. The molecule has 3 aromatic rings. The molecule has 0 saturated carbocycles. The zero-order valence-corrected chi connectivity index (χ0v) is 12.8. The summed E-state index contributed by atoms with van der Waals surface area (Å²) in [4.78, 5) is 12.1. The van der Waals surface area contributed by atoms with E-state index in [9.17, 15) is 18.0 Å². The van der Waals surface area contributed by atoms with E-state index in [1.807, 2.05) is 0 Å². The van der Waals surface area contributed by atoms with Gasteiger partial charge in [0.1, 0.15) is 18.1 Å². The van der Waals surface area contributed by atoms with E-state index in [-0.39, 0.29) is 24.4 Å². The van der Waals surface area contributed by atoms with Gasteiger partial charge in [-0.25, -0.2) is 17.9 Å². The molecule has 3 heterocycles. The lowest BCUT2D eigenvalue weighted by molar-refractivity contribution is -0.116. The number of fused-ring (bicyclic) bond motifs is 1. The largest absolute Gasteiger partial charge is 0.467 e. The van der Waals surface area contributed by atoms with Crippen molar-refractivity contribution in [3.05, 3.63) is 71.1 Å². The second-order valence-electron chi connectivity index (χ2n) is 5.75. The van der Waals surface area contributed by atoms with Crippen LogP contribution in [0.5, 0.6) is 0 Å². The van der Waals surface area contributed by atoms with E-state index in [4.69, 9.17) is 4.42 Å². The molecule has 5 nitrogen and oxygen atoms in total. The summed E-state index contributed by atoms with van der Waals surface area (Å²) in [5.41, 5.74) is 0.462. The Morgan fingerprint density at radius 1 is 1.20 bits per heavy atom. The van der Waals surface area contributed by atoms with Crippen molar-refractivity contribution in [1.29, 1.82) is 0 Å². The van der Waals surface area contributed by atoms with Crippen LogP contribution in [-0.4, -0.2) is 15.7 Å². The average Bonchev–Trinajstić information content (AvgIpc) is 3.23. The summed E-state index contributed by atoms with van der Waals surface area (Å²) in [6.45, 7) is 0.273. The van der Waals surface area contributed by atoms with Gasteiger partial charge in [-0.15, -0.1) is 0 Å². The zero-order chi connectivity index (χ0) is 17.6. The molecular formula is C17H12F3N3O2. The van der Waals surface area contributed by atoms with E-state index in [1.54, 1.807) is 12.1 Å². The minimum Gasteiger partial charge on any atom is -0.467 e. The van der Waals surface area contributed by atoms with Gasteiger partial charge in [-0.3, -0.25) is 4.79 Å².